The standard InChI is InChI=1S/C34H20N6/c1-2-9-21(10-3-1)39-27-14-6-5-12-23(27)31-32-25(18-36-20-38-32)30-22-11-4-7-15-28(22)40(33(30)34(31)39)29-16-8-13-26-24(29)17-35-19-37-26/h1-20H. The molecule has 0 aliphatic heterocycles. The van der Waals surface area contributed by atoms with Gasteiger partial charge in [0, 0.05) is 50.4 Å². The van der Waals surface area contributed by atoms with Gasteiger partial charge >= 0.3 is 0 Å². The normalized spacial score (nSPS) is 12.0. The number of nitrogens with zero attached hydrogens (tertiary/aromatic N) is 6. The fourth-order valence-electron chi connectivity index (χ4n) is 6.43. The van der Waals surface area contributed by atoms with Crippen molar-refractivity contribution in [3.05, 3.63) is 122 Å². The van der Waals surface area contributed by atoms with Crippen molar-refractivity contribution in [2.45, 2.75) is 0 Å². The number of aromatic nitrogens is 6. The number of hydrogen-bond donors (Lipinski definition) is 0. The van der Waals surface area contributed by atoms with E-state index in [0.29, 0.717) is 0 Å². The Bertz CT molecular complexity index is 2430. The Morgan fingerprint density at radius 1 is 0.475 bits per heavy atom. The minimum atomic E-state index is 0.905. The zero-order chi connectivity index (χ0) is 26.2. The highest BCUT2D eigenvalue weighted by atomic mass is 15.1. The van der Waals surface area contributed by atoms with Crippen LogP contribution >= 0.6 is 0 Å². The molecule has 4 aromatic heterocycles. The number of hydrogen-bond acceptors (Lipinski definition) is 4. The second-order valence-corrected chi connectivity index (χ2v) is 10.0. The van der Waals surface area contributed by atoms with Gasteiger partial charge in [0.2, 0.25) is 0 Å². The van der Waals surface area contributed by atoms with E-state index >= 15 is 0 Å². The molecule has 0 unspecified atom stereocenters. The van der Waals surface area contributed by atoms with E-state index in [1.165, 1.54) is 0 Å². The number of fused-ring (bicyclic) bond motifs is 11. The van der Waals surface area contributed by atoms with Crippen LogP contribution in [0.25, 0.3) is 76.8 Å². The molecule has 9 aromatic rings. The highest BCUT2D eigenvalue weighted by Gasteiger charge is 2.25. The first kappa shape index (κ1) is 21.3. The lowest BCUT2D eigenvalue weighted by atomic mass is 10.0. The summed E-state index contributed by atoms with van der Waals surface area (Å²) in [5.74, 6) is 0. The van der Waals surface area contributed by atoms with E-state index in [9.17, 15) is 0 Å². The molecule has 0 bridgehead atoms. The van der Waals surface area contributed by atoms with Crippen LogP contribution < -0.4 is 0 Å². The first-order valence-electron chi connectivity index (χ1n) is 13.2. The third kappa shape index (κ3) is 2.71. The van der Waals surface area contributed by atoms with Gasteiger partial charge in [-0.05, 0) is 36.4 Å². The predicted molar refractivity (Wildman–Crippen MR) is 161 cm³/mol. The second kappa shape index (κ2) is 7.94. The highest BCUT2D eigenvalue weighted by molar-refractivity contribution is 6.35. The van der Waals surface area contributed by atoms with Crippen molar-refractivity contribution in [1.82, 2.24) is 29.1 Å². The molecule has 0 aliphatic carbocycles. The molecule has 5 aromatic carbocycles. The van der Waals surface area contributed by atoms with Crippen LogP contribution in [0.2, 0.25) is 0 Å². The van der Waals surface area contributed by atoms with Gasteiger partial charge in [0.05, 0.1) is 38.8 Å². The maximum atomic E-state index is 4.90. The molecule has 0 amide bonds. The van der Waals surface area contributed by atoms with E-state index in [4.69, 9.17) is 4.98 Å². The fourth-order valence-corrected chi connectivity index (χ4v) is 6.43. The summed E-state index contributed by atoms with van der Waals surface area (Å²) in [6.45, 7) is 0. The molecule has 186 valence electrons. The molecule has 0 fully saturated rings. The number of benzene rings is 5. The topological polar surface area (TPSA) is 61.4 Å². The Morgan fingerprint density at radius 3 is 1.95 bits per heavy atom. The van der Waals surface area contributed by atoms with Crippen LogP contribution in [0, 0.1) is 0 Å². The minimum absolute atomic E-state index is 0.905. The van der Waals surface area contributed by atoms with Gasteiger partial charge in [-0.2, -0.15) is 0 Å². The molecular formula is C34H20N6. The van der Waals surface area contributed by atoms with Gasteiger partial charge in [-0.15, -0.1) is 0 Å². The predicted octanol–water partition coefficient (Wildman–Crippen LogP) is 7.77. The molecule has 0 saturated carbocycles. The Labute approximate surface area is 227 Å². The molecule has 0 spiro atoms. The van der Waals surface area contributed by atoms with E-state index in [1.54, 1.807) is 12.7 Å². The highest BCUT2D eigenvalue weighted by Crippen LogP contribution is 2.46. The van der Waals surface area contributed by atoms with Gasteiger partial charge in [-0.25, -0.2) is 19.9 Å². The first-order chi connectivity index (χ1) is 19.9. The Kier molecular flexibility index (Phi) is 4.24. The summed E-state index contributed by atoms with van der Waals surface area (Å²) < 4.78 is 4.76. The van der Waals surface area contributed by atoms with Crippen molar-refractivity contribution in [2.24, 2.45) is 0 Å². The Hall–Kier alpha value is -5.62. The van der Waals surface area contributed by atoms with E-state index in [-0.39, 0.29) is 0 Å². The molecule has 0 atom stereocenters. The monoisotopic (exact) mass is 512 g/mol. The van der Waals surface area contributed by atoms with Crippen LogP contribution in [0.15, 0.2) is 122 Å². The molecule has 4 heterocycles. The summed E-state index contributed by atoms with van der Waals surface area (Å²) in [5, 5.41) is 6.58. The third-order valence-electron chi connectivity index (χ3n) is 7.97. The molecule has 6 heteroatoms. The average Bonchev–Trinajstić information content (AvgIpc) is 3.55. The van der Waals surface area contributed by atoms with Crippen LogP contribution in [-0.4, -0.2) is 29.1 Å². The Balaban J connectivity index is 1.67. The zero-order valence-electron chi connectivity index (χ0n) is 21.2. The van der Waals surface area contributed by atoms with Gasteiger partial charge in [0.1, 0.15) is 12.7 Å². The molecule has 0 N–H and O–H groups in total. The van der Waals surface area contributed by atoms with Crippen LogP contribution in [0.4, 0.5) is 0 Å². The molecule has 9 rings (SSSR count). The lowest BCUT2D eigenvalue weighted by Gasteiger charge is -2.14. The van der Waals surface area contributed by atoms with Crippen molar-refractivity contribution in [3.63, 3.8) is 0 Å². The van der Waals surface area contributed by atoms with Crippen molar-refractivity contribution in [1.29, 1.82) is 0 Å². The van der Waals surface area contributed by atoms with E-state index in [2.05, 4.69) is 115 Å². The molecule has 0 aliphatic rings. The Morgan fingerprint density at radius 2 is 1.12 bits per heavy atom. The fraction of sp³-hybridized carbons (Fsp3) is 0. The van der Waals surface area contributed by atoms with Crippen LogP contribution in [0.3, 0.4) is 0 Å². The minimum Gasteiger partial charge on any atom is -0.307 e. The van der Waals surface area contributed by atoms with Crippen molar-refractivity contribution in [3.8, 4) is 11.4 Å². The molecule has 0 radical (unpaired) electrons. The van der Waals surface area contributed by atoms with Gasteiger partial charge < -0.3 is 9.13 Å². The van der Waals surface area contributed by atoms with E-state index in [0.717, 1.165) is 76.8 Å². The third-order valence-corrected chi connectivity index (χ3v) is 7.97. The lowest BCUT2D eigenvalue weighted by Crippen LogP contribution is -2.00. The average molecular weight is 513 g/mol. The smallest absolute Gasteiger partial charge is 0.116 e. The van der Waals surface area contributed by atoms with Crippen LogP contribution in [-0.2, 0) is 0 Å². The SMILES string of the molecule is c1ccc(-n2c3ccccc3c3c4ncncc4c4c5ccccc5n(-c5cccc6ncncc56)c4c32)cc1. The summed E-state index contributed by atoms with van der Waals surface area (Å²) in [4.78, 5) is 18.4. The van der Waals surface area contributed by atoms with Gasteiger partial charge in [0.25, 0.3) is 0 Å². The van der Waals surface area contributed by atoms with Crippen molar-refractivity contribution >= 4 is 65.4 Å². The maximum absolute atomic E-state index is 4.90. The van der Waals surface area contributed by atoms with E-state index < -0.39 is 0 Å². The summed E-state index contributed by atoms with van der Waals surface area (Å²) in [6.07, 6.45) is 7.13. The maximum Gasteiger partial charge on any atom is 0.116 e. The largest absolute Gasteiger partial charge is 0.307 e. The summed E-state index contributed by atoms with van der Waals surface area (Å²) in [6, 6.07) is 34.0. The van der Waals surface area contributed by atoms with E-state index in [1.807, 2.05) is 18.5 Å². The second-order valence-electron chi connectivity index (χ2n) is 10.0. The van der Waals surface area contributed by atoms with Crippen molar-refractivity contribution in [2.75, 3.05) is 0 Å². The van der Waals surface area contributed by atoms with Crippen molar-refractivity contribution < 1.29 is 0 Å². The summed E-state index contributed by atoms with van der Waals surface area (Å²) in [5.41, 5.74) is 8.45. The number of para-hydroxylation sites is 3. The lowest BCUT2D eigenvalue weighted by molar-refractivity contribution is 1.15. The molecule has 40 heavy (non-hydrogen) atoms. The summed E-state index contributed by atoms with van der Waals surface area (Å²) >= 11 is 0. The molecule has 0 saturated heterocycles. The van der Waals surface area contributed by atoms with Crippen LogP contribution in [0.5, 0.6) is 0 Å². The molecular weight excluding hydrogens is 492 g/mol. The first-order valence-corrected chi connectivity index (χ1v) is 13.2. The summed E-state index contributed by atoms with van der Waals surface area (Å²) in [7, 11) is 0. The zero-order valence-corrected chi connectivity index (χ0v) is 21.2. The molecule has 6 nitrogen and oxygen atoms in total. The van der Waals surface area contributed by atoms with Gasteiger partial charge in [-0.1, -0.05) is 60.7 Å². The quantitative estimate of drug-likeness (QED) is 0.237. The van der Waals surface area contributed by atoms with Crippen LogP contribution in [0.1, 0.15) is 0 Å². The van der Waals surface area contributed by atoms with Gasteiger partial charge in [0.15, 0.2) is 0 Å². The number of rotatable bonds is 2. The van der Waals surface area contributed by atoms with Gasteiger partial charge in [-0.3, -0.25) is 0 Å².